The minimum atomic E-state index is -1.67. The molecular formula is C11H10O6. The van der Waals surface area contributed by atoms with Gasteiger partial charge in [0.05, 0.1) is 0 Å². The molecule has 0 saturated carbocycles. The number of rotatable bonds is 1. The number of para-hydroxylation sites is 1. The number of carbonyl (C=O) groups excluding carboxylic acids is 1. The molecule has 0 radical (unpaired) electrons. The Kier molecular flexibility index (Phi) is 2.42. The smallest absolute Gasteiger partial charge is 0.422 e. The van der Waals surface area contributed by atoms with Crippen molar-refractivity contribution in [3.8, 4) is 17.2 Å². The van der Waals surface area contributed by atoms with Crippen LogP contribution in [-0.2, 0) is 9.59 Å². The summed E-state index contributed by atoms with van der Waals surface area (Å²) in [5.74, 6) is -3.24. The molecule has 17 heavy (non-hydrogen) atoms. The second-order valence-electron chi connectivity index (χ2n) is 3.88. The van der Waals surface area contributed by atoms with Gasteiger partial charge in [-0.3, -0.25) is 0 Å². The number of carboxylic acids is 1. The van der Waals surface area contributed by atoms with Crippen molar-refractivity contribution in [2.45, 2.75) is 19.6 Å². The van der Waals surface area contributed by atoms with Crippen molar-refractivity contribution in [1.29, 1.82) is 0 Å². The van der Waals surface area contributed by atoms with Gasteiger partial charge in [-0.2, -0.15) is 0 Å². The van der Waals surface area contributed by atoms with Gasteiger partial charge in [-0.15, -0.1) is 0 Å². The molecule has 0 aliphatic carbocycles. The molecule has 0 amide bonds. The van der Waals surface area contributed by atoms with Gasteiger partial charge in [0.25, 0.3) is 0 Å². The molecule has 0 atom stereocenters. The van der Waals surface area contributed by atoms with Crippen molar-refractivity contribution < 1.29 is 28.9 Å². The summed E-state index contributed by atoms with van der Waals surface area (Å²) in [7, 11) is 0. The average molecular weight is 238 g/mol. The number of carboxylic acid groups (broad SMARTS) is 1. The van der Waals surface area contributed by atoms with Crippen molar-refractivity contribution in [3.63, 3.8) is 0 Å². The summed E-state index contributed by atoms with van der Waals surface area (Å²) in [6.07, 6.45) is 0. The molecule has 1 N–H and O–H groups in total. The molecule has 1 aromatic carbocycles. The molecule has 0 aromatic heterocycles. The lowest BCUT2D eigenvalue weighted by Gasteiger charge is -2.16. The molecule has 2 rings (SSSR count). The normalized spacial score (nSPS) is 15.4. The van der Waals surface area contributed by atoms with Crippen LogP contribution in [0.1, 0.15) is 13.8 Å². The molecular weight excluding hydrogens is 228 g/mol. The predicted octanol–water partition coefficient (Wildman–Crippen LogP) is 1.18. The maximum Gasteiger partial charge on any atom is 0.422 e. The number of fused-ring (bicyclic) bond motifs is 1. The molecule has 1 aliphatic heterocycles. The zero-order chi connectivity index (χ0) is 12.6. The highest BCUT2D eigenvalue weighted by atomic mass is 16.7. The van der Waals surface area contributed by atoms with Gasteiger partial charge >= 0.3 is 11.9 Å². The first kappa shape index (κ1) is 11.3. The van der Waals surface area contributed by atoms with E-state index in [2.05, 4.69) is 4.74 Å². The first-order chi connectivity index (χ1) is 7.89. The highest BCUT2D eigenvalue weighted by molar-refractivity contribution is 6.29. The fourth-order valence-corrected chi connectivity index (χ4v) is 1.43. The largest absolute Gasteiger partial charge is 0.473 e. The van der Waals surface area contributed by atoms with E-state index >= 15 is 0 Å². The summed E-state index contributed by atoms with van der Waals surface area (Å²) in [6, 6.07) is 4.65. The van der Waals surface area contributed by atoms with Crippen LogP contribution in [0.4, 0.5) is 0 Å². The number of hydrogen-bond acceptors (Lipinski definition) is 5. The second-order valence-corrected chi connectivity index (χ2v) is 3.88. The first-order valence-corrected chi connectivity index (χ1v) is 4.85. The molecule has 0 unspecified atom stereocenters. The standard InChI is InChI=1S/C11H10O6/c1-11(2)16-7-5-3-4-6(8(7)17-11)15-10(14)9(12)13/h3-5H,1-2H3,(H,12,13). The van der Waals surface area contributed by atoms with E-state index in [1.54, 1.807) is 26.0 Å². The van der Waals surface area contributed by atoms with Crippen molar-refractivity contribution >= 4 is 11.9 Å². The van der Waals surface area contributed by atoms with E-state index in [-0.39, 0.29) is 11.5 Å². The van der Waals surface area contributed by atoms with Crippen LogP contribution >= 0.6 is 0 Å². The van der Waals surface area contributed by atoms with Gasteiger partial charge in [0.15, 0.2) is 11.5 Å². The van der Waals surface area contributed by atoms with E-state index in [0.29, 0.717) is 5.75 Å². The van der Waals surface area contributed by atoms with Gasteiger partial charge in [-0.1, -0.05) is 6.07 Å². The van der Waals surface area contributed by atoms with E-state index in [9.17, 15) is 9.59 Å². The highest BCUT2D eigenvalue weighted by Gasteiger charge is 2.34. The van der Waals surface area contributed by atoms with Gasteiger partial charge in [0.1, 0.15) is 0 Å². The van der Waals surface area contributed by atoms with Gasteiger partial charge < -0.3 is 19.3 Å². The summed E-state index contributed by atoms with van der Waals surface area (Å²) < 4.78 is 15.5. The van der Waals surface area contributed by atoms with E-state index in [4.69, 9.17) is 14.6 Å². The Morgan fingerprint density at radius 1 is 1.29 bits per heavy atom. The second kappa shape index (κ2) is 3.65. The molecule has 6 heteroatoms. The molecule has 6 nitrogen and oxygen atoms in total. The van der Waals surface area contributed by atoms with Crippen LogP contribution in [-0.4, -0.2) is 22.8 Å². The third kappa shape index (κ3) is 2.15. The van der Waals surface area contributed by atoms with Crippen LogP contribution in [0, 0.1) is 0 Å². The predicted molar refractivity (Wildman–Crippen MR) is 55.0 cm³/mol. The van der Waals surface area contributed by atoms with Gasteiger partial charge in [-0.05, 0) is 12.1 Å². The molecule has 1 aromatic rings. The number of carbonyl (C=O) groups is 2. The lowest BCUT2D eigenvalue weighted by molar-refractivity contribution is -0.158. The number of aliphatic carboxylic acids is 1. The third-order valence-electron chi connectivity index (χ3n) is 2.02. The highest BCUT2D eigenvalue weighted by Crippen LogP contribution is 2.45. The Morgan fingerprint density at radius 2 is 2.00 bits per heavy atom. The van der Waals surface area contributed by atoms with Crippen LogP contribution in [0.15, 0.2) is 18.2 Å². The fraction of sp³-hybridized carbons (Fsp3) is 0.273. The van der Waals surface area contributed by atoms with E-state index in [1.807, 2.05) is 0 Å². The van der Waals surface area contributed by atoms with Gasteiger partial charge in [-0.25, -0.2) is 9.59 Å². The molecule has 90 valence electrons. The first-order valence-electron chi connectivity index (χ1n) is 4.85. The van der Waals surface area contributed by atoms with Gasteiger partial charge in [0, 0.05) is 13.8 Å². The Balaban J connectivity index is 2.30. The van der Waals surface area contributed by atoms with Crippen LogP contribution in [0.3, 0.4) is 0 Å². The number of esters is 1. The summed E-state index contributed by atoms with van der Waals surface area (Å²) in [5, 5.41) is 8.45. The van der Waals surface area contributed by atoms with Crippen molar-refractivity contribution in [3.05, 3.63) is 18.2 Å². The zero-order valence-corrected chi connectivity index (χ0v) is 9.22. The van der Waals surface area contributed by atoms with E-state index < -0.39 is 17.7 Å². The molecule has 0 saturated heterocycles. The SMILES string of the molecule is CC1(C)Oc2cccc(OC(=O)C(=O)O)c2O1. The zero-order valence-electron chi connectivity index (χ0n) is 9.22. The van der Waals surface area contributed by atoms with Crippen molar-refractivity contribution in [2.24, 2.45) is 0 Å². The van der Waals surface area contributed by atoms with Gasteiger partial charge in [0.2, 0.25) is 11.5 Å². The fourth-order valence-electron chi connectivity index (χ4n) is 1.43. The minimum absolute atomic E-state index is 0.0282. The minimum Gasteiger partial charge on any atom is -0.473 e. The van der Waals surface area contributed by atoms with E-state index in [1.165, 1.54) is 6.07 Å². The Hall–Kier alpha value is -2.24. The lowest BCUT2D eigenvalue weighted by Crippen LogP contribution is -2.30. The maximum absolute atomic E-state index is 11.0. The van der Waals surface area contributed by atoms with Crippen molar-refractivity contribution in [1.82, 2.24) is 0 Å². The molecule has 0 spiro atoms. The summed E-state index contributed by atoms with van der Waals surface area (Å²) in [4.78, 5) is 21.3. The molecule has 1 heterocycles. The lowest BCUT2D eigenvalue weighted by atomic mass is 10.3. The number of benzene rings is 1. The molecule has 0 fully saturated rings. The summed E-state index contributed by atoms with van der Waals surface area (Å²) in [6.45, 7) is 3.38. The van der Waals surface area contributed by atoms with Crippen LogP contribution in [0.5, 0.6) is 17.2 Å². The quantitative estimate of drug-likeness (QED) is 0.449. The Morgan fingerprint density at radius 3 is 2.65 bits per heavy atom. The average Bonchev–Trinajstić information content (AvgIpc) is 2.53. The number of hydrogen-bond donors (Lipinski definition) is 1. The topological polar surface area (TPSA) is 82.1 Å². The Bertz CT molecular complexity index is 491. The monoisotopic (exact) mass is 238 g/mol. The Labute approximate surface area is 96.7 Å². The molecule has 1 aliphatic rings. The molecule has 0 bridgehead atoms. The summed E-state index contributed by atoms with van der Waals surface area (Å²) in [5.41, 5.74) is 0. The third-order valence-corrected chi connectivity index (χ3v) is 2.02. The maximum atomic E-state index is 11.0. The van der Waals surface area contributed by atoms with Crippen LogP contribution < -0.4 is 14.2 Å². The number of ether oxygens (including phenoxy) is 3. The van der Waals surface area contributed by atoms with Crippen LogP contribution in [0.25, 0.3) is 0 Å². The van der Waals surface area contributed by atoms with E-state index in [0.717, 1.165) is 0 Å². The van der Waals surface area contributed by atoms with Crippen LogP contribution in [0.2, 0.25) is 0 Å². The summed E-state index contributed by atoms with van der Waals surface area (Å²) >= 11 is 0. The van der Waals surface area contributed by atoms with Crippen molar-refractivity contribution in [2.75, 3.05) is 0 Å².